The van der Waals surface area contributed by atoms with E-state index in [9.17, 15) is 19.5 Å². The molecule has 5 nitrogen and oxygen atoms in total. The van der Waals surface area contributed by atoms with Gasteiger partial charge in [-0.05, 0) is 36.5 Å². The summed E-state index contributed by atoms with van der Waals surface area (Å²) in [6, 6.07) is 13.4. The van der Waals surface area contributed by atoms with Gasteiger partial charge in [0.25, 0.3) is 0 Å². The molecular formula is C22H18ClNO4. The fourth-order valence-electron chi connectivity index (χ4n) is 4.29. The molecule has 0 radical (unpaired) electrons. The van der Waals surface area contributed by atoms with Crippen LogP contribution in [0.1, 0.15) is 22.3 Å². The summed E-state index contributed by atoms with van der Waals surface area (Å²) in [6.07, 6.45) is 4.48. The summed E-state index contributed by atoms with van der Waals surface area (Å²) in [6.45, 7) is 0. The van der Waals surface area contributed by atoms with Crippen LogP contribution in [0.2, 0.25) is 5.02 Å². The number of nitrogens with one attached hydrogen (secondary N) is 1. The van der Waals surface area contributed by atoms with E-state index in [0.29, 0.717) is 22.7 Å². The zero-order valence-electron chi connectivity index (χ0n) is 14.8. The van der Waals surface area contributed by atoms with Crippen molar-refractivity contribution in [1.29, 1.82) is 0 Å². The smallest absolute Gasteiger partial charge is 0.307 e. The molecular weight excluding hydrogens is 378 g/mol. The Kier molecular flexibility index (Phi) is 4.77. The van der Waals surface area contributed by atoms with Crippen LogP contribution in [0.5, 0.6) is 0 Å². The van der Waals surface area contributed by atoms with Crippen LogP contribution in [-0.4, -0.2) is 22.8 Å². The number of halogens is 1. The second-order valence-electron chi connectivity index (χ2n) is 7.21. The van der Waals surface area contributed by atoms with Gasteiger partial charge in [0.15, 0.2) is 5.78 Å². The summed E-state index contributed by atoms with van der Waals surface area (Å²) in [4.78, 5) is 37.5. The first-order valence-electron chi connectivity index (χ1n) is 9.07. The average Bonchev–Trinajstić information content (AvgIpc) is 3.31. The molecule has 0 saturated heterocycles. The van der Waals surface area contributed by atoms with E-state index in [2.05, 4.69) is 5.32 Å². The lowest BCUT2D eigenvalue weighted by Gasteiger charge is -2.24. The van der Waals surface area contributed by atoms with Crippen LogP contribution in [0.4, 0.5) is 5.69 Å². The van der Waals surface area contributed by atoms with E-state index < -0.39 is 17.8 Å². The molecule has 28 heavy (non-hydrogen) atoms. The first-order chi connectivity index (χ1) is 13.5. The molecule has 0 aliphatic heterocycles. The van der Waals surface area contributed by atoms with E-state index >= 15 is 0 Å². The lowest BCUT2D eigenvalue weighted by atomic mass is 9.82. The average molecular weight is 396 g/mol. The highest BCUT2D eigenvalue weighted by atomic mass is 35.5. The van der Waals surface area contributed by atoms with Gasteiger partial charge < -0.3 is 10.4 Å². The Labute approximate surface area is 167 Å². The van der Waals surface area contributed by atoms with Crippen LogP contribution >= 0.6 is 11.6 Å². The summed E-state index contributed by atoms with van der Waals surface area (Å²) in [7, 11) is 0. The standard InChI is InChI=1S/C22H18ClNO4/c23-15-8-9-17(16(11-15)20(25)12-4-2-1-3-5-12)24-21(26)18-13-6-7-14(10-13)19(18)22(27)28/h1-9,11,13-14,18-19H,10H2,(H,24,26)(H,27,28)/t13-,14-,18+,19+/m0/s1. The molecule has 2 aromatic carbocycles. The molecule has 2 N–H and O–H groups in total. The van der Waals surface area contributed by atoms with Gasteiger partial charge in [-0.2, -0.15) is 0 Å². The Morgan fingerprint density at radius 3 is 2.32 bits per heavy atom. The van der Waals surface area contributed by atoms with Crippen LogP contribution in [0.15, 0.2) is 60.7 Å². The van der Waals surface area contributed by atoms with Gasteiger partial charge in [0.2, 0.25) is 5.91 Å². The van der Waals surface area contributed by atoms with E-state index in [1.807, 2.05) is 18.2 Å². The Hall–Kier alpha value is -2.92. The minimum absolute atomic E-state index is 0.0910. The predicted octanol–water partition coefficient (Wildman–Crippen LogP) is 4.03. The fraction of sp³-hybridized carbons (Fsp3) is 0.227. The summed E-state index contributed by atoms with van der Waals surface area (Å²) in [5.41, 5.74) is 1.09. The third-order valence-corrected chi connectivity index (χ3v) is 5.80. The number of carbonyl (C=O) groups is 3. The molecule has 2 aromatic rings. The largest absolute Gasteiger partial charge is 0.481 e. The van der Waals surface area contributed by atoms with Gasteiger partial charge in [-0.1, -0.05) is 54.1 Å². The normalized spacial score (nSPS) is 24.9. The highest BCUT2D eigenvalue weighted by Crippen LogP contribution is 2.48. The van der Waals surface area contributed by atoms with E-state index in [-0.39, 0.29) is 29.1 Å². The van der Waals surface area contributed by atoms with Crippen molar-refractivity contribution in [2.24, 2.45) is 23.7 Å². The molecule has 0 unspecified atom stereocenters. The lowest BCUT2D eigenvalue weighted by Crippen LogP contribution is -2.36. The van der Waals surface area contributed by atoms with Gasteiger partial charge in [-0.25, -0.2) is 0 Å². The summed E-state index contributed by atoms with van der Waals surface area (Å²) >= 11 is 6.08. The Morgan fingerprint density at radius 2 is 1.64 bits per heavy atom. The highest BCUT2D eigenvalue weighted by Gasteiger charge is 2.51. The van der Waals surface area contributed by atoms with Crippen molar-refractivity contribution in [1.82, 2.24) is 0 Å². The van der Waals surface area contributed by atoms with Crippen LogP contribution in [0.3, 0.4) is 0 Å². The summed E-state index contributed by atoms with van der Waals surface area (Å²) < 4.78 is 0. The number of fused-ring (bicyclic) bond motifs is 2. The number of anilines is 1. The number of ketones is 1. The Balaban J connectivity index is 1.64. The predicted molar refractivity (Wildman–Crippen MR) is 105 cm³/mol. The molecule has 1 fully saturated rings. The highest BCUT2D eigenvalue weighted by molar-refractivity contribution is 6.31. The quantitative estimate of drug-likeness (QED) is 0.591. The number of carboxylic acid groups (broad SMARTS) is 1. The maximum atomic E-state index is 13.0. The number of hydrogen-bond donors (Lipinski definition) is 2. The van der Waals surface area contributed by atoms with E-state index in [4.69, 9.17) is 11.6 Å². The molecule has 1 amide bonds. The maximum Gasteiger partial charge on any atom is 0.307 e. The van der Waals surface area contributed by atoms with Crippen LogP contribution < -0.4 is 5.32 Å². The van der Waals surface area contributed by atoms with Crippen molar-refractivity contribution in [3.05, 3.63) is 76.8 Å². The van der Waals surface area contributed by atoms with Crippen molar-refractivity contribution >= 4 is 34.9 Å². The summed E-state index contributed by atoms with van der Waals surface area (Å²) in [5, 5.41) is 12.7. The zero-order chi connectivity index (χ0) is 19.8. The molecule has 142 valence electrons. The molecule has 4 atom stereocenters. The Morgan fingerprint density at radius 1 is 0.964 bits per heavy atom. The number of rotatable bonds is 5. The number of allylic oxidation sites excluding steroid dienone is 2. The lowest BCUT2D eigenvalue weighted by molar-refractivity contribution is -0.146. The minimum Gasteiger partial charge on any atom is -0.481 e. The molecule has 6 heteroatoms. The molecule has 1 saturated carbocycles. The SMILES string of the molecule is O=C(c1ccccc1)c1cc(Cl)ccc1NC(=O)[C@H]1[C@H](C(=O)O)[C@H]2C=C[C@H]1C2. The first-order valence-corrected chi connectivity index (χ1v) is 9.45. The number of aliphatic carboxylic acids is 1. The van der Waals surface area contributed by atoms with E-state index in [0.717, 1.165) is 0 Å². The molecule has 2 bridgehead atoms. The van der Waals surface area contributed by atoms with Crippen molar-refractivity contribution in [3.63, 3.8) is 0 Å². The van der Waals surface area contributed by atoms with Crippen LogP contribution in [0, 0.1) is 23.7 Å². The molecule has 0 spiro atoms. The topological polar surface area (TPSA) is 83.5 Å². The molecule has 2 aliphatic carbocycles. The summed E-state index contributed by atoms with van der Waals surface area (Å²) in [5.74, 6) is -3.21. The monoisotopic (exact) mass is 395 g/mol. The van der Waals surface area contributed by atoms with E-state index in [1.165, 1.54) is 6.07 Å². The first kappa shape index (κ1) is 18.4. The maximum absolute atomic E-state index is 13.0. The van der Waals surface area contributed by atoms with Crippen LogP contribution in [0.25, 0.3) is 0 Å². The second-order valence-corrected chi connectivity index (χ2v) is 7.65. The van der Waals surface area contributed by atoms with E-state index in [1.54, 1.807) is 36.4 Å². The molecule has 2 aliphatic rings. The minimum atomic E-state index is -0.964. The van der Waals surface area contributed by atoms with Crippen molar-refractivity contribution in [2.45, 2.75) is 6.42 Å². The van der Waals surface area contributed by atoms with Gasteiger partial charge in [0, 0.05) is 16.1 Å². The van der Waals surface area contributed by atoms with Gasteiger partial charge >= 0.3 is 5.97 Å². The van der Waals surface area contributed by atoms with Gasteiger partial charge in [-0.15, -0.1) is 0 Å². The van der Waals surface area contributed by atoms with Gasteiger partial charge in [-0.3, -0.25) is 14.4 Å². The molecule has 4 rings (SSSR count). The van der Waals surface area contributed by atoms with Crippen molar-refractivity contribution < 1.29 is 19.5 Å². The third kappa shape index (κ3) is 3.22. The second kappa shape index (κ2) is 7.24. The third-order valence-electron chi connectivity index (χ3n) is 5.57. The van der Waals surface area contributed by atoms with Crippen molar-refractivity contribution in [3.8, 4) is 0 Å². The fourth-order valence-corrected chi connectivity index (χ4v) is 4.46. The number of carboxylic acids is 1. The van der Waals surface area contributed by atoms with Gasteiger partial charge in [0.1, 0.15) is 0 Å². The Bertz CT molecular complexity index is 985. The molecule has 0 aromatic heterocycles. The number of carbonyl (C=O) groups excluding carboxylic acids is 2. The van der Waals surface area contributed by atoms with Gasteiger partial charge in [0.05, 0.1) is 17.5 Å². The number of amides is 1. The van der Waals surface area contributed by atoms with Crippen molar-refractivity contribution in [2.75, 3.05) is 5.32 Å². The zero-order valence-corrected chi connectivity index (χ0v) is 15.6. The van der Waals surface area contributed by atoms with Crippen LogP contribution in [-0.2, 0) is 9.59 Å². The number of benzene rings is 2. The molecule has 0 heterocycles. The number of hydrogen-bond acceptors (Lipinski definition) is 3.